The van der Waals surface area contributed by atoms with Crippen molar-refractivity contribution >= 4 is 60.7 Å². The van der Waals surface area contributed by atoms with E-state index in [0.717, 1.165) is 45.1 Å². The molecule has 0 radical (unpaired) electrons. The van der Waals surface area contributed by atoms with Crippen molar-refractivity contribution in [3.63, 3.8) is 0 Å². The fraction of sp³-hybridized carbons (Fsp3) is 0.0149. The minimum atomic E-state index is -0.547. The van der Waals surface area contributed by atoms with E-state index >= 15 is 0 Å². The molecule has 0 fully saturated rings. The topological polar surface area (TPSA) is 13.1 Å². The van der Waals surface area contributed by atoms with Crippen LogP contribution in [0, 0.1) is 0 Å². The lowest BCUT2D eigenvalue weighted by Gasteiger charge is -2.35. The molecule has 0 bridgehead atoms. The molecule has 0 N–H and O–H groups in total. The molecule has 11 aromatic carbocycles. The van der Waals surface area contributed by atoms with Gasteiger partial charge >= 0.3 is 0 Å². The van der Waals surface area contributed by atoms with E-state index in [4.69, 9.17) is 0 Å². The molecule has 0 saturated carbocycles. The van der Waals surface area contributed by atoms with Gasteiger partial charge in [-0.3, -0.25) is 0 Å². The highest BCUT2D eigenvalue weighted by Gasteiger charge is 2.46. The minimum absolute atomic E-state index is 0.547. The number of fused-ring (bicyclic) bond motifs is 9. The van der Waals surface area contributed by atoms with Gasteiger partial charge in [0.05, 0.1) is 27.5 Å². The van der Waals surface area contributed by atoms with Crippen LogP contribution in [-0.2, 0) is 5.41 Å². The first-order valence-electron chi connectivity index (χ1n) is 24.2. The van der Waals surface area contributed by atoms with Crippen LogP contribution in [0.3, 0.4) is 0 Å². The molecule has 3 heteroatoms. The fourth-order valence-electron chi connectivity index (χ4n) is 11.8. The highest BCUT2D eigenvalue weighted by Crippen LogP contribution is 2.57. The maximum atomic E-state index is 2.48. The highest BCUT2D eigenvalue weighted by molar-refractivity contribution is 6.11. The number of anilines is 3. The summed E-state index contributed by atoms with van der Waals surface area (Å²) in [6, 6.07) is 100. The summed E-state index contributed by atoms with van der Waals surface area (Å²) in [5, 5.41) is 4.94. The van der Waals surface area contributed by atoms with Crippen molar-refractivity contribution in [2.24, 2.45) is 0 Å². The maximum Gasteiger partial charge on any atom is 0.0714 e. The third-order valence-corrected chi connectivity index (χ3v) is 14.8. The van der Waals surface area contributed by atoms with Crippen LogP contribution in [0.25, 0.3) is 77.2 Å². The van der Waals surface area contributed by atoms with E-state index in [0.29, 0.717) is 0 Å². The van der Waals surface area contributed by atoms with Crippen molar-refractivity contribution in [3.05, 3.63) is 295 Å². The zero-order valence-electron chi connectivity index (χ0n) is 38.3. The quantitative estimate of drug-likeness (QED) is 0.148. The molecule has 13 aromatic rings. The van der Waals surface area contributed by atoms with Gasteiger partial charge in [-0.05, 0) is 123 Å². The molecule has 0 atom stereocenters. The second-order valence-electron chi connectivity index (χ2n) is 18.5. The van der Waals surface area contributed by atoms with Crippen molar-refractivity contribution in [2.45, 2.75) is 5.41 Å². The first-order chi connectivity index (χ1) is 34.7. The summed E-state index contributed by atoms with van der Waals surface area (Å²) in [6.07, 6.45) is 0. The molecule has 0 saturated heterocycles. The van der Waals surface area contributed by atoms with Crippen LogP contribution >= 0.6 is 0 Å². The highest BCUT2D eigenvalue weighted by atomic mass is 15.1. The predicted molar refractivity (Wildman–Crippen MR) is 293 cm³/mol. The van der Waals surface area contributed by atoms with Crippen molar-refractivity contribution in [2.75, 3.05) is 4.90 Å². The van der Waals surface area contributed by atoms with Crippen LogP contribution in [0.2, 0.25) is 0 Å². The lowest BCUT2D eigenvalue weighted by molar-refractivity contribution is 0.768. The molecule has 0 spiro atoms. The summed E-state index contributed by atoms with van der Waals surface area (Å²) in [5.41, 5.74) is 19.6. The molecule has 3 nitrogen and oxygen atoms in total. The molecular weight excluding hydrogens is 847 g/mol. The average molecular weight is 892 g/mol. The second-order valence-corrected chi connectivity index (χ2v) is 18.5. The molecule has 2 heterocycles. The first-order valence-corrected chi connectivity index (χ1v) is 24.2. The summed E-state index contributed by atoms with van der Waals surface area (Å²) in [6.45, 7) is 0. The number of benzene rings is 11. The fourth-order valence-corrected chi connectivity index (χ4v) is 11.8. The summed E-state index contributed by atoms with van der Waals surface area (Å²) in [4.78, 5) is 2.47. The van der Waals surface area contributed by atoms with Crippen LogP contribution in [0.1, 0.15) is 22.3 Å². The van der Waals surface area contributed by atoms with E-state index in [1.54, 1.807) is 0 Å². The zero-order valence-corrected chi connectivity index (χ0v) is 38.3. The number of aromatic nitrogens is 2. The third kappa shape index (κ3) is 6.01. The number of para-hydroxylation sites is 4. The standard InChI is InChI=1S/C67H45N3/c1-5-21-48(22-6-1)67(49-23-7-2-8-24-49)61-33-16-13-30-55(61)56-40-37-53(44-62(56)67)68(54-38-41-60-58-32-15-18-35-64(58)70(66(60)45-54)51-27-11-4-12-28-51)52-29-19-20-46(42-52)47-36-39-59-57-31-14-17-34-63(57)69(65(59)43-47)50-25-9-3-10-26-50/h1-45H. The van der Waals surface area contributed by atoms with E-state index < -0.39 is 5.41 Å². The van der Waals surface area contributed by atoms with Gasteiger partial charge in [0, 0.05) is 50.0 Å². The Morgan fingerprint density at radius 2 is 0.729 bits per heavy atom. The van der Waals surface area contributed by atoms with Gasteiger partial charge in [0.25, 0.3) is 0 Å². The summed E-state index contributed by atoms with van der Waals surface area (Å²) in [5.74, 6) is 0. The maximum absolute atomic E-state index is 2.48. The number of rotatable bonds is 8. The van der Waals surface area contributed by atoms with Crippen LogP contribution in [0.4, 0.5) is 17.1 Å². The molecular formula is C67H45N3. The van der Waals surface area contributed by atoms with Gasteiger partial charge in [0.1, 0.15) is 0 Å². The molecule has 2 aromatic heterocycles. The Kier molecular flexibility index (Phi) is 9.11. The SMILES string of the molecule is c1ccc(-n2c3ccccc3c3ccc(-c4cccc(N(c5ccc6c(c5)C(c5ccccc5)(c5ccccc5)c5ccccc5-6)c5ccc6c7ccccc7n(-c7ccccc7)c6c5)c4)cc32)cc1. The van der Waals surface area contributed by atoms with Gasteiger partial charge in [0.2, 0.25) is 0 Å². The Labute approximate surface area is 407 Å². The Bertz CT molecular complexity index is 4070. The van der Waals surface area contributed by atoms with Crippen molar-refractivity contribution in [1.82, 2.24) is 9.13 Å². The van der Waals surface area contributed by atoms with Crippen LogP contribution in [0.15, 0.2) is 273 Å². The number of hydrogen-bond acceptors (Lipinski definition) is 1. The minimum Gasteiger partial charge on any atom is -0.310 e. The average Bonchev–Trinajstić information content (AvgIpc) is 4.06. The number of hydrogen-bond donors (Lipinski definition) is 0. The van der Waals surface area contributed by atoms with E-state index in [-0.39, 0.29) is 0 Å². The molecule has 70 heavy (non-hydrogen) atoms. The Hall–Kier alpha value is -9.18. The first kappa shape index (κ1) is 39.9. The molecule has 0 aliphatic heterocycles. The zero-order chi connectivity index (χ0) is 46.2. The molecule has 14 rings (SSSR count). The lowest BCUT2D eigenvalue weighted by Crippen LogP contribution is -2.28. The van der Waals surface area contributed by atoms with Crippen molar-refractivity contribution < 1.29 is 0 Å². The Balaban J connectivity index is 1.02. The van der Waals surface area contributed by atoms with Gasteiger partial charge in [-0.1, -0.05) is 194 Å². The molecule has 328 valence electrons. The Morgan fingerprint density at radius 1 is 0.271 bits per heavy atom. The van der Waals surface area contributed by atoms with Gasteiger partial charge < -0.3 is 14.0 Å². The van der Waals surface area contributed by atoms with Crippen LogP contribution in [-0.4, -0.2) is 9.13 Å². The molecule has 0 amide bonds. The van der Waals surface area contributed by atoms with E-state index in [2.05, 4.69) is 287 Å². The van der Waals surface area contributed by atoms with Gasteiger partial charge in [0.15, 0.2) is 0 Å². The second kappa shape index (κ2) is 16.0. The van der Waals surface area contributed by atoms with Crippen molar-refractivity contribution in [1.29, 1.82) is 0 Å². The Morgan fingerprint density at radius 3 is 1.37 bits per heavy atom. The van der Waals surface area contributed by atoms with Gasteiger partial charge in [-0.2, -0.15) is 0 Å². The van der Waals surface area contributed by atoms with E-state index in [9.17, 15) is 0 Å². The third-order valence-electron chi connectivity index (χ3n) is 14.8. The normalized spacial score (nSPS) is 12.7. The lowest BCUT2D eigenvalue weighted by atomic mass is 9.67. The van der Waals surface area contributed by atoms with Crippen LogP contribution in [0.5, 0.6) is 0 Å². The molecule has 0 unspecified atom stereocenters. The molecule has 1 aliphatic carbocycles. The summed E-state index contributed by atoms with van der Waals surface area (Å²) >= 11 is 0. The van der Waals surface area contributed by atoms with E-state index in [1.165, 1.54) is 71.5 Å². The van der Waals surface area contributed by atoms with E-state index in [1.807, 2.05) is 0 Å². The monoisotopic (exact) mass is 891 g/mol. The summed E-state index contributed by atoms with van der Waals surface area (Å²) in [7, 11) is 0. The summed E-state index contributed by atoms with van der Waals surface area (Å²) < 4.78 is 4.82. The van der Waals surface area contributed by atoms with Crippen molar-refractivity contribution in [3.8, 4) is 33.6 Å². The number of nitrogens with zero attached hydrogens (tertiary/aromatic N) is 3. The largest absolute Gasteiger partial charge is 0.310 e. The van der Waals surface area contributed by atoms with Gasteiger partial charge in [-0.25, -0.2) is 0 Å². The predicted octanol–water partition coefficient (Wildman–Crippen LogP) is 17.4. The smallest absolute Gasteiger partial charge is 0.0714 e. The van der Waals surface area contributed by atoms with Crippen LogP contribution < -0.4 is 4.90 Å². The molecule has 1 aliphatic rings. The van der Waals surface area contributed by atoms with Gasteiger partial charge in [-0.15, -0.1) is 0 Å².